The molecule has 1 rings (SSSR count). The number of nitrogens with one attached hydrogen (secondary N) is 1. The summed E-state index contributed by atoms with van der Waals surface area (Å²) in [5, 5.41) is 4.74. The minimum Gasteiger partial charge on any atom is -0.410 e. The Morgan fingerprint density at radius 2 is 2.25 bits per heavy atom. The van der Waals surface area contributed by atoms with E-state index < -0.39 is 6.09 Å². The Balaban J connectivity index is 2.57. The summed E-state index contributed by atoms with van der Waals surface area (Å²) in [6.07, 6.45) is 1.05. The summed E-state index contributed by atoms with van der Waals surface area (Å²) in [7, 11) is 0. The van der Waals surface area contributed by atoms with Crippen molar-refractivity contribution in [1.82, 2.24) is 5.32 Å². The molecule has 0 radical (unpaired) electrons. The van der Waals surface area contributed by atoms with E-state index in [2.05, 4.69) is 34.3 Å². The predicted octanol–water partition coefficient (Wildman–Crippen LogP) is 2.70. The minimum atomic E-state index is -0.522. The average molecular weight is 234 g/mol. The number of benzene rings is 1. The molecule has 0 aliphatic heterocycles. The van der Waals surface area contributed by atoms with Crippen molar-refractivity contribution < 1.29 is 9.53 Å². The lowest BCUT2D eigenvalue weighted by Gasteiger charge is -2.04. The van der Waals surface area contributed by atoms with E-state index in [0.29, 0.717) is 18.0 Å². The van der Waals surface area contributed by atoms with Crippen LogP contribution in [0.4, 0.5) is 10.5 Å². The first-order valence-corrected chi connectivity index (χ1v) is 4.91. The van der Waals surface area contributed by atoms with E-state index in [1.165, 1.54) is 0 Å². The monoisotopic (exact) mass is 234 g/mol. The van der Waals surface area contributed by atoms with Gasteiger partial charge < -0.3 is 10.1 Å². The quantitative estimate of drug-likeness (QED) is 0.495. The number of ether oxygens (including phenoxy) is 1. The maximum atomic E-state index is 11.1. The van der Waals surface area contributed by atoms with E-state index in [4.69, 9.17) is 4.74 Å². The molecule has 0 aliphatic carbocycles. The molecule has 0 unspecified atom stereocenters. The third-order valence-electron chi connectivity index (χ3n) is 1.61. The highest BCUT2D eigenvalue weighted by atomic mass is 32.1. The van der Waals surface area contributed by atoms with Crippen molar-refractivity contribution in [2.45, 2.75) is 0 Å². The third-order valence-corrected chi connectivity index (χ3v) is 1.70. The average Bonchev–Trinajstić information content (AvgIpc) is 2.29. The van der Waals surface area contributed by atoms with Crippen LogP contribution in [0.15, 0.2) is 41.9 Å². The Bertz CT molecular complexity index is 422. The molecule has 1 aromatic carbocycles. The molecule has 82 valence electrons. The van der Waals surface area contributed by atoms with Crippen LogP contribution in [0.2, 0.25) is 0 Å². The maximum Gasteiger partial charge on any atom is 0.412 e. The van der Waals surface area contributed by atoms with Crippen LogP contribution < -0.4 is 10.1 Å². The first-order chi connectivity index (χ1) is 7.76. The fourth-order valence-corrected chi connectivity index (χ4v) is 1.05. The van der Waals surface area contributed by atoms with Gasteiger partial charge in [-0.1, -0.05) is 6.08 Å². The molecule has 1 amide bonds. The van der Waals surface area contributed by atoms with Crippen LogP contribution in [0, 0.1) is 0 Å². The van der Waals surface area contributed by atoms with Crippen LogP contribution in [-0.4, -0.2) is 17.8 Å². The van der Waals surface area contributed by atoms with Crippen LogP contribution >= 0.6 is 12.2 Å². The van der Waals surface area contributed by atoms with Gasteiger partial charge in [-0.25, -0.2) is 4.79 Å². The number of hydrogen-bond acceptors (Lipinski definition) is 4. The Hall–Kier alpha value is -1.97. The molecule has 0 atom stereocenters. The normalized spacial score (nSPS) is 8.75. The van der Waals surface area contributed by atoms with Gasteiger partial charge in [0.15, 0.2) is 0 Å². The van der Waals surface area contributed by atoms with Gasteiger partial charge in [-0.3, -0.25) is 0 Å². The third kappa shape index (κ3) is 4.04. The number of amides is 1. The first-order valence-electron chi connectivity index (χ1n) is 4.51. The molecular weight excluding hydrogens is 224 g/mol. The molecule has 0 spiro atoms. The Labute approximate surface area is 98.6 Å². The molecule has 1 aromatic rings. The predicted molar refractivity (Wildman–Crippen MR) is 65.4 cm³/mol. The van der Waals surface area contributed by atoms with Gasteiger partial charge in [-0.15, -0.1) is 6.58 Å². The van der Waals surface area contributed by atoms with E-state index in [9.17, 15) is 4.79 Å². The highest BCUT2D eigenvalue weighted by molar-refractivity contribution is 7.78. The van der Waals surface area contributed by atoms with Gasteiger partial charge in [0.1, 0.15) is 5.75 Å². The summed E-state index contributed by atoms with van der Waals surface area (Å²) in [4.78, 5) is 14.9. The summed E-state index contributed by atoms with van der Waals surface area (Å²) in [6.45, 7) is 3.84. The zero-order valence-corrected chi connectivity index (χ0v) is 9.29. The van der Waals surface area contributed by atoms with Gasteiger partial charge in [0.05, 0.1) is 10.8 Å². The summed E-state index contributed by atoms with van der Waals surface area (Å²) in [5.41, 5.74) is 0.661. The zero-order chi connectivity index (χ0) is 11.8. The van der Waals surface area contributed by atoms with Crippen LogP contribution in [0.5, 0.6) is 5.75 Å². The first kappa shape index (κ1) is 12.1. The largest absolute Gasteiger partial charge is 0.412 e. The molecule has 0 bridgehead atoms. The topological polar surface area (TPSA) is 50.7 Å². The zero-order valence-electron chi connectivity index (χ0n) is 8.47. The summed E-state index contributed by atoms with van der Waals surface area (Å²) < 4.78 is 4.96. The van der Waals surface area contributed by atoms with Crippen molar-refractivity contribution in [3.63, 3.8) is 0 Å². The Morgan fingerprint density at radius 3 is 2.81 bits per heavy atom. The number of hydrogen-bond donors (Lipinski definition) is 1. The number of aliphatic imine (C=N–C) groups is 1. The molecule has 0 saturated carbocycles. The van der Waals surface area contributed by atoms with Crippen LogP contribution in [0.25, 0.3) is 0 Å². The fourth-order valence-electron chi connectivity index (χ4n) is 0.940. The van der Waals surface area contributed by atoms with Crippen molar-refractivity contribution in [3.8, 4) is 5.75 Å². The second kappa shape index (κ2) is 6.50. The molecule has 0 heterocycles. The molecule has 5 heteroatoms. The van der Waals surface area contributed by atoms with Crippen LogP contribution in [0.3, 0.4) is 0 Å². The number of isothiocyanates is 1. The number of carbonyl (C=O) groups is 1. The fraction of sp³-hybridized carbons (Fsp3) is 0.0909. The molecule has 0 aromatic heterocycles. The highest BCUT2D eigenvalue weighted by Crippen LogP contribution is 2.17. The van der Waals surface area contributed by atoms with Crippen molar-refractivity contribution in [2.24, 2.45) is 4.99 Å². The van der Waals surface area contributed by atoms with E-state index in [1.54, 1.807) is 30.3 Å². The van der Waals surface area contributed by atoms with E-state index in [1.807, 2.05) is 0 Å². The lowest BCUT2D eigenvalue weighted by atomic mass is 10.3. The number of thiocarbonyl (C=S) groups is 1. The SMILES string of the molecule is C=CCNC(=O)Oc1ccc(N=C=S)cc1. The smallest absolute Gasteiger partial charge is 0.410 e. The van der Waals surface area contributed by atoms with Crippen LogP contribution in [0.1, 0.15) is 0 Å². The molecule has 16 heavy (non-hydrogen) atoms. The molecular formula is C11H10N2O2S. The Kier molecular flexibility index (Phi) is 4.92. The molecule has 0 fully saturated rings. The van der Waals surface area contributed by atoms with Gasteiger partial charge in [0.2, 0.25) is 0 Å². The number of rotatable bonds is 4. The van der Waals surface area contributed by atoms with Gasteiger partial charge >= 0.3 is 6.09 Å². The standard InChI is InChI=1S/C11H10N2O2S/c1-2-7-12-11(14)15-10-5-3-9(4-6-10)13-8-16/h2-6H,1,7H2,(H,12,14). The van der Waals surface area contributed by atoms with Gasteiger partial charge in [0.25, 0.3) is 0 Å². The summed E-state index contributed by atoms with van der Waals surface area (Å²) in [5.74, 6) is 0.435. The number of carbonyl (C=O) groups excluding carboxylic acids is 1. The van der Waals surface area contributed by atoms with Gasteiger partial charge in [-0.05, 0) is 36.5 Å². The van der Waals surface area contributed by atoms with Crippen molar-refractivity contribution in [3.05, 3.63) is 36.9 Å². The van der Waals surface area contributed by atoms with Crippen molar-refractivity contribution in [1.29, 1.82) is 0 Å². The minimum absolute atomic E-state index is 0.367. The lowest BCUT2D eigenvalue weighted by Crippen LogP contribution is -2.26. The molecule has 0 aliphatic rings. The molecule has 0 saturated heterocycles. The van der Waals surface area contributed by atoms with Gasteiger partial charge in [-0.2, -0.15) is 4.99 Å². The molecule has 1 N–H and O–H groups in total. The van der Waals surface area contributed by atoms with E-state index in [0.717, 1.165) is 0 Å². The second-order valence-electron chi connectivity index (χ2n) is 2.76. The Morgan fingerprint density at radius 1 is 1.56 bits per heavy atom. The highest BCUT2D eigenvalue weighted by Gasteiger charge is 2.01. The summed E-state index contributed by atoms with van der Waals surface area (Å²) in [6, 6.07) is 6.60. The van der Waals surface area contributed by atoms with Crippen molar-refractivity contribution >= 4 is 29.2 Å². The van der Waals surface area contributed by atoms with Crippen molar-refractivity contribution in [2.75, 3.05) is 6.54 Å². The molecule has 4 nitrogen and oxygen atoms in total. The van der Waals surface area contributed by atoms with E-state index >= 15 is 0 Å². The summed E-state index contributed by atoms with van der Waals surface area (Å²) >= 11 is 4.46. The van der Waals surface area contributed by atoms with Gasteiger partial charge in [0, 0.05) is 6.54 Å². The maximum absolute atomic E-state index is 11.1. The van der Waals surface area contributed by atoms with Crippen LogP contribution in [-0.2, 0) is 0 Å². The lowest BCUT2D eigenvalue weighted by molar-refractivity contribution is 0.201. The van der Waals surface area contributed by atoms with E-state index in [-0.39, 0.29) is 0 Å². The number of nitrogens with zero attached hydrogens (tertiary/aromatic N) is 1. The second-order valence-corrected chi connectivity index (χ2v) is 2.94.